The number of hydrogen-bond acceptors (Lipinski definition) is 3. The van der Waals surface area contributed by atoms with E-state index in [-0.39, 0.29) is 11.0 Å². The highest BCUT2D eigenvalue weighted by molar-refractivity contribution is 7.85. The Labute approximate surface area is 293 Å². The summed E-state index contributed by atoms with van der Waals surface area (Å²) in [6.45, 7) is 2.61. The zero-order valence-corrected chi connectivity index (χ0v) is 29.5. The molecule has 0 amide bonds. The van der Waals surface area contributed by atoms with Crippen molar-refractivity contribution in [2.75, 3.05) is 6.61 Å². The van der Waals surface area contributed by atoms with Crippen molar-refractivity contribution in [2.24, 2.45) is 0 Å². The van der Waals surface area contributed by atoms with E-state index in [0.29, 0.717) is 0 Å². The van der Waals surface area contributed by atoms with Gasteiger partial charge < -0.3 is 4.74 Å². The predicted molar refractivity (Wildman–Crippen MR) is 204 cm³/mol. The SMILES string of the molecule is Cc1ccc(S(=O)(=O)O)cc1.c1ccc(CCCCOC(Cc2ccccc2)c2cccc(P(c3ccccc3)c3ccccc3)c2)cc1. The van der Waals surface area contributed by atoms with Gasteiger partial charge in [0, 0.05) is 13.0 Å². The van der Waals surface area contributed by atoms with Gasteiger partial charge in [-0.25, -0.2) is 0 Å². The van der Waals surface area contributed by atoms with E-state index < -0.39 is 18.0 Å². The van der Waals surface area contributed by atoms with Crippen LogP contribution >= 0.6 is 7.92 Å². The van der Waals surface area contributed by atoms with Crippen LogP contribution in [-0.2, 0) is 27.7 Å². The Morgan fingerprint density at radius 1 is 0.592 bits per heavy atom. The molecule has 0 saturated carbocycles. The minimum atomic E-state index is -4.02. The first-order valence-electron chi connectivity index (χ1n) is 16.6. The monoisotopic (exact) mass is 686 g/mol. The molecule has 0 bridgehead atoms. The zero-order valence-electron chi connectivity index (χ0n) is 27.8. The van der Waals surface area contributed by atoms with Gasteiger partial charge >= 0.3 is 0 Å². The summed E-state index contributed by atoms with van der Waals surface area (Å²) in [5.41, 5.74) is 4.92. The van der Waals surface area contributed by atoms with Gasteiger partial charge in [0.05, 0.1) is 11.0 Å². The molecule has 0 fully saturated rings. The Hall–Kier alpha value is -4.38. The molecule has 0 aliphatic heterocycles. The molecule has 0 heterocycles. The Bertz CT molecular complexity index is 1900. The summed E-state index contributed by atoms with van der Waals surface area (Å²) in [6.07, 6.45) is 4.19. The van der Waals surface area contributed by atoms with E-state index in [2.05, 4.69) is 146 Å². The Morgan fingerprint density at radius 2 is 1.10 bits per heavy atom. The van der Waals surface area contributed by atoms with Gasteiger partial charge in [0.2, 0.25) is 0 Å². The molecule has 0 saturated heterocycles. The maximum atomic E-state index is 10.5. The maximum absolute atomic E-state index is 10.5. The van der Waals surface area contributed by atoms with Gasteiger partial charge in [0.25, 0.3) is 10.1 Å². The molecule has 0 spiro atoms. The molecular weight excluding hydrogens is 644 g/mol. The van der Waals surface area contributed by atoms with Crippen LogP contribution in [0.15, 0.2) is 175 Å². The smallest absolute Gasteiger partial charge is 0.294 e. The molecule has 6 aromatic rings. The molecule has 1 atom stereocenters. The highest BCUT2D eigenvalue weighted by Gasteiger charge is 2.19. The lowest BCUT2D eigenvalue weighted by Crippen LogP contribution is -2.21. The van der Waals surface area contributed by atoms with Gasteiger partial charge in [-0.15, -0.1) is 0 Å². The number of ether oxygens (including phenoxy) is 1. The van der Waals surface area contributed by atoms with Gasteiger partial charge in [-0.3, -0.25) is 4.55 Å². The molecule has 0 aliphatic rings. The zero-order chi connectivity index (χ0) is 34.3. The average molecular weight is 687 g/mol. The lowest BCUT2D eigenvalue weighted by Gasteiger charge is -2.23. The summed E-state index contributed by atoms with van der Waals surface area (Å²) in [7, 11) is -4.67. The van der Waals surface area contributed by atoms with E-state index in [9.17, 15) is 8.42 Å². The van der Waals surface area contributed by atoms with Crippen molar-refractivity contribution in [2.45, 2.75) is 43.6 Å². The number of benzene rings is 6. The molecule has 250 valence electrons. The fraction of sp³-hybridized carbons (Fsp3) is 0.163. The first-order chi connectivity index (χ1) is 23.9. The third-order valence-electron chi connectivity index (χ3n) is 8.13. The summed E-state index contributed by atoms with van der Waals surface area (Å²) in [6, 6.07) is 58.4. The topological polar surface area (TPSA) is 63.6 Å². The Morgan fingerprint density at radius 3 is 1.65 bits per heavy atom. The van der Waals surface area contributed by atoms with Crippen molar-refractivity contribution in [1.29, 1.82) is 0 Å². The molecule has 6 heteroatoms. The van der Waals surface area contributed by atoms with E-state index in [1.807, 2.05) is 6.92 Å². The highest BCUT2D eigenvalue weighted by Crippen LogP contribution is 2.34. The molecule has 0 radical (unpaired) electrons. The fourth-order valence-corrected chi connectivity index (χ4v) is 8.41. The molecule has 6 aromatic carbocycles. The van der Waals surface area contributed by atoms with Gasteiger partial charge in [-0.05, 0) is 84.9 Å². The minimum Gasteiger partial charge on any atom is -0.373 e. The summed E-state index contributed by atoms with van der Waals surface area (Å²) < 4.78 is 36.2. The van der Waals surface area contributed by atoms with Crippen molar-refractivity contribution >= 4 is 34.0 Å². The van der Waals surface area contributed by atoms with Gasteiger partial charge in [0.1, 0.15) is 0 Å². The normalized spacial score (nSPS) is 11.8. The molecule has 1 unspecified atom stereocenters. The first-order valence-corrected chi connectivity index (χ1v) is 19.4. The van der Waals surface area contributed by atoms with Crippen molar-refractivity contribution in [1.82, 2.24) is 0 Å². The summed E-state index contributed by atoms with van der Waals surface area (Å²) in [4.78, 5) is -0.0666. The van der Waals surface area contributed by atoms with Gasteiger partial charge in [0.15, 0.2) is 0 Å². The van der Waals surface area contributed by atoms with E-state index in [1.54, 1.807) is 12.1 Å². The van der Waals surface area contributed by atoms with Crippen LogP contribution in [0.5, 0.6) is 0 Å². The van der Waals surface area contributed by atoms with E-state index in [4.69, 9.17) is 9.29 Å². The van der Waals surface area contributed by atoms with E-state index in [0.717, 1.165) is 37.9 Å². The van der Waals surface area contributed by atoms with Crippen LogP contribution < -0.4 is 15.9 Å². The third kappa shape index (κ3) is 11.3. The standard InChI is InChI=1S/C36H35OP.C7H8O3S/c1-5-16-30(17-6-1)18-13-14-27-37-36(28-31-19-7-2-8-20-31)32-21-15-26-35(29-32)38(33-22-9-3-10-23-33)34-24-11-4-12-25-34;1-6-2-4-7(5-3-6)11(8,9)10/h1-12,15-17,19-26,29,36H,13-14,18,27-28H2;2-5H,1H3,(H,8,9,10). The van der Waals surface area contributed by atoms with E-state index in [1.165, 1.54) is 44.7 Å². The number of hydrogen-bond donors (Lipinski definition) is 1. The maximum Gasteiger partial charge on any atom is 0.294 e. The lowest BCUT2D eigenvalue weighted by atomic mass is 10.0. The van der Waals surface area contributed by atoms with Crippen LogP contribution in [0.25, 0.3) is 0 Å². The van der Waals surface area contributed by atoms with Gasteiger partial charge in [-0.2, -0.15) is 8.42 Å². The van der Waals surface area contributed by atoms with Crippen molar-refractivity contribution in [3.63, 3.8) is 0 Å². The molecule has 1 N–H and O–H groups in total. The van der Waals surface area contributed by atoms with Crippen LogP contribution in [-0.4, -0.2) is 19.6 Å². The summed E-state index contributed by atoms with van der Waals surface area (Å²) in [5.74, 6) is 0. The fourth-order valence-electron chi connectivity index (χ4n) is 5.58. The van der Waals surface area contributed by atoms with Crippen molar-refractivity contribution in [3.05, 3.63) is 192 Å². The Kier molecular flexibility index (Phi) is 13.5. The van der Waals surface area contributed by atoms with Crippen LogP contribution in [0.3, 0.4) is 0 Å². The summed E-state index contributed by atoms with van der Waals surface area (Å²) in [5, 5.41) is 4.10. The molecule has 0 aliphatic carbocycles. The largest absolute Gasteiger partial charge is 0.373 e. The third-order valence-corrected chi connectivity index (χ3v) is 11.4. The second-order valence-electron chi connectivity index (χ2n) is 11.9. The second-order valence-corrected chi connectivity index (χ2v) is 15.5. The number of rotatable bonds is 13. The molecule has 6 rings (SSSR count). The first kappa shape index (κ1) is 35.9. The lowest BCUT2D eigenvalue weighted by molar-refractivity contribution is 0.0504. The van der Waals surface area contributed by atoms with Crippen LogP contribution in [0, 0.1) is 6.92 Å². The highest BCUT2D eigenvalue weighted by atomic mass is 32.2. The van der Waals surface area contributed by atoms with Crippen LogP contribution in [0.4, 0.5) is 0 Å². The van der Waals surface area contributed by atoms with Crippen molar-refractivity contribution in [3.8, 4) is 0 Å². The van der Waals surface area contributed by atoms with Gasteiger partial charge in [-0.1, -0.05) is 157 Å². The predicted octanol–water partition coefficient (Wildman–Crippen LogP) is 9.01. The molecule has 0 aromatic heterocycles. The summed E-state index contributed by atoms with van der Waals surface area (Å²) >= 11 is 0. The molecule has 4 nitrogen and oxygen atoms in total. The minimum absolute atomic E-state index is 0.0254. The Balaban J connectivity index is 0.000000363. The van der Waals surface area contributed by atoms with Crippen LogP contribution in [0.1, 0.15) is 41.2 Å². The quantitative estimate of drug-likeness (QED) is 0.0749. The average Bonchev–Trinajstić information content (AvgIpc) is 3.13. The van der Waals surface area contributed by atoms with E-state index >= 15 is 0 Å². The van der Waals surface area contributed by atoms with Crippen molar-refractivity contribution < 1.29 is 17.7 Å². The molecule has 49 heavy (non-hydrogen) atoms. The van der Waals surface area contributed by atoms with Crippen LogP contribution in [0.2, 0.25) is 0 Å². The second kappa shape index (κ2) is 18.4. The number of unbranched alkanes of at least 4 members (excludes halogenated alkanes) is 1. The molecular formula is C43H43O4PS. The number of aryl methyl sites for hydroxylation is 2.